The van der Waals surface area contributed by atoms with E-state index in [9.17, 15) is 4.79 Å². The number of nitrogens with zero attached hydrogens (tertiary/aromatic N) is 1. The molecule has 0 amide bonds. The normalized spacial score (nSPS) is 10.2. The fourth-order valence-corrected chi connectivity index (χ4v) is 1.45. The fraction of sp³-hybridized carbons (Fsp3) is 0.0909. The summed E-state index contributed by atoms with van der Waals surface area (Å²) in [6.07, 6.45) is 1.57. The van der Waals surface area contributed by atoms with Gasteiger partial charge in [0.05, 0.1) is 7.11 Å². The third-order valence-corrected chi connectivity index (χ3v) is 2.17. The molecule has 0 spiro atoms. The van der Waals surface area contributed by atoms with Crippen LogP contribution in [0.4, 0.5) is 5.69 Å². The van der Waals surface area contributed by atoms with Crippen LogP contribution < -0.4 is 5.73 Å². The first kappa shape index (κ1) is 9.45. The smallest absolute Gasteiger partial charge is 0.357 e. The molecule has 4 nitrogen and oxygen atoms in total. The predicted molar refractivity (Wildman–Crippen MR) is 57.5 cm³/mol. The van der Waals surface area contributed by atoms with Crippen LogP contribution in [0.25, 0.3) is 10.8 Å². The van der Waals surface area contributed by atoms with E-state index >= 15 is 0 Å². The summed E-state index contributed by atoms with van der Waals surface area (Å²) in [7, 11) is 1.33. The van der Waals surface area contributed by atoms with Crippen molar-refractivity contribution in [3.63, 3.8) is 0 Å². The van der Waals surface area contributed by atoms with E-state index in [-0.39, 0.29) is 0 Å². The van der Waals surface area contributed by atoms with Gasteiger partial charge < -0.3 is 10.5 Å². The zero-order valence-electron chi connectivity index (χ0n) is 8.23. The number of nitrogen functional groups attached to an aromatic ring is 1. The highest BCUT2D eigenvalue weighted by molar-refractivity contribution is 6.03. The quantitative estimate of drug-likeness (QED) is 0.563. The minimum Gasteiger partial charge on any atom is -0.464 e. The first-order valence-corrected chi connectivity index (χ1v) is 4.45. The Kier molecular flexibility index (Phi) is 2.25. The van der Waals surface area contributed by atoms with Gasteiger partial charge >= 0.3 is 5.97 Å². The van der Waals surface area contributed by atoms with Gasteiger partial charge in [0.2, 0.25) is 0 Å². The Hall–Kier alpha value is -2.10. The van der Waals surface area contributed by atoms with Crippen LogP contribution in [-0.4, -0.2) is 18.1 Å². The van der Waals surface area contributed by atoms with Gasteiger partial charge in [-0.15, -0.1) is 0 Å². The number of benzene rings is 1. The third-order valence-electron chi connectivity index (χ3n) is 2.17. The van der Waals surface area contributed by atoms with Crippen molar-refractivity contribution in [2.24, 2.45) is 0 Å². The van der Waals surface area contributed by atoms with E-state index in [0.717, 1.165) is 5.39 Å². The number of fused-ring (bicyclic) bond motifs is 1. The van der Waals surface area contributed by atoms with Crippen molar-refractivity contribution in [3.8, 4) is 0 Å². The minimum atomic E-state index is -0.453. The molecule has 0 aliphatic carbocycles. The second-order valence-electron chi connectivity index (χ2n) is 3.13. The van der Waals surface area contributed by atoms with Crippen LogP contribution in [0.2, 0.25) is 0 Å². The molecule has 1 aromatic heterocycles. The number of pyridine rings is 1. The van der Waals surface area contributed by atoms with E-state index in [0.29, 0.717) is 16.8 Å². The van der Waals surface area contributed by atoms with E-state index in [1.807, 2.05) is 12.1 Å². The first-order valence-electron chi connectivity index (χ1n) is 4.45. The minimum absolute atomic E-state index is 0.294. The zero-order valence-corrected chi connectivity index (χ0v) is 8.23. The Morgan fingerprint density at radius 2 is 2.20 bits per heavy atom. The molecule has 0 saturated carbocycles. The molecule has 1 heterocycles. The van der Waals surface area contributed by atoms with Crippen LogP contribution in [0, 0.1) is 0 Å². The Bertz CT molecular complexity index is 523. The number of anilines is 1. The van der Waals surface area contributed by atoms with E-state index < -0.39 is 5.97 Å². The van der Waals surface area contributed by atoms with Gasteiger partial charge in [0.15, 0.2) is 5.69 Å². The highest BCUT2D eigenvalue weighted by Crippen LogP contribution is 2.20. The molecule has 76 valence electrons. The number of carbonyl (C=O) groups excluding carboxylic acids is 1. The molecule has 0 aliphatic heterocycles. The van der Waals surface area contributed by atoms with Crippen LogP contribution in [-0.2, 0) is 4.74 Å². The Morgan fingerprint density at radius 3 is 2.93 bits per heavy atom. The second-order valence-corrected chi connectivity index (χ2v) is 3.13. The summed E-state index contributed by atoms with van der Waals surface area (Å²) >= 11 is 0. The van der Waals surface area contributed by atoms with Crippen LogP contribution in [0.5, 0.6) is 0 Å². The summed E-state index contributed by atoms with van der Waals surface area (Å²) in [4.78, 5) is 15.4. The van der Waals surface area contributed by atoms with Crippen molar-refractivity contribution in [2.45, 2.75) is 0 Å². The van der Waals surface area contributed by atoms with E-state index in [1.54, 1.807) is 18.3 Å². The summed E-state index contributed by atoms with van der Waals surface area (Å²) in [5.41, 5.74) is 6.55. The van der Waals surface area contributed by atoms with Crippen molar-refractivity contribution < 1.29 is 9.53 Å². The molecule has 1 aromatic carbocycles. The van der Waals surface area contributed by atoms with Crippen LogP contribution >= 0.6 is 0 Å². The SMILES string of the molecule is COC(=O)c1nccc2ccc(N)cc12. The van der Waals surface area contributed by atoms with Crippen LogP contribution in [0.3, 0.4) is 0 Å². The molecule has 0 aliphatic rings. The van der Waals surface area contributed by atoms with Gasteiger partial charge in [-0.05, 0) is 23.6 Å². The molecule has 0 saturated heterocycles. The maximum atomic E-state index is 11.4. The lowest BCUT2D eigenvalue weighted by molar-refractivity contribution is 0.0596. The van der Waals surface area contributed by atoms with Gasteiger partial charge in [0, 0.05) is 17.3 Å². The average molecular weight is 202 g/mol. The summed E-state index contributed by atoms with van der Waals surface area (Å²) in [5.74, 6) is -0.453. The Balaban J connectivity index is 2.74. The molecule has 2 N–H and O–H groups in total. The van der Waals surface area contributed by atoms with Crippen molar-refractivity contribution in [2.75, 3.05) is 12.8 Å². The molecule has 2 rings (SSSR count). The molecule has 0 atom stereocenters. The number of hydrogen-bond acceptors (Lipinski definition) is 4. The van der Waals surface area contributed by atoms with Crippen LogP contribution in [0.15, 0.2) is 30.5 Å². The number of carbonyl (C=O) groups is 1. The van der Waals surface area contributed by atoms with Crippen molar-refractivity contribution in [1.82, 2.24) is 4.98 Å². The summed E-state index contributed by atoms with van der Waals surface area (Å²) in [6, 6.07) is 7.16. The summed E-state index contributed by atoms with van der Waals surface area (Å²) < 4.78 is 4.64. The average Bonchev–Trinajstić information content (AvgIpc) is 2.27. The van der Waals surface area contributed by atoms with Gasteiger partial charge in [-0.3, -0.25) is 0 Å². The van der Waals surface area contributed by atoms with Gasteiger partial charge in [-0.25, -0.2) is 9.78 Å². The predicted octanol–water partition coefficient (Wildman–Crippen LogP) is 1.60. The molecule has 4 heteroatoms. The number of rotatable bonds is 1. The van der Waals surface area contributed by atoms with Crippen molar-refractivity contribution in [3.05, 3.63) is 36.2 Å². The maximum Gasteiger partial charge on any atom is 0.357 e. The molecule has 15 heavy (non-hydrogen) atoms. The fourth-order valence-electron chi connectivity index (χ4n) is 1.45. The molecule has 0 bridgehead atoms. The topological polar surface area (TPSA) is 65.2 Å². The molecular weight excluding hydrogens is 192 g/mol. The Labute approximate surface area is 86.7 Å². The Morgan fingerprint density at radius 1 is 1.40 bits per heavy atom. The number of aromatic nitrogens is 1. The number of hydrogen-bond donors (Lipinski definition) is 1. The molecule has 0 fully saturated rings. The van der Waals surface area contributed by atoms with E-state index in [2.05, 4.69) is 9.72 Å². The van der Waals surface area contributed by atoms with Crippen molar-refractivity contribution in [1.29, 1.82) is 0 Å². The summed E-state index contributed by atoms with van der Waals surface area (Å²) in [5, 5.41) is 1.63. The highest BCUT2D eigenvalue weighted by atomic mass is 16.5. The zero-order chi connectivity index (χ0) is 10.8. The highest BCUT2D eigenvalue weighted by Gasteiger charge is 2.11. The molecule has 0 radical (unpaired) electrons. The van der Waals surface area contributed by atoms with Gasteiger partial charge in [0.1, 0.15) is 0 Å². The molecule has 2 aromatic rings. The van der Waals surface area contributed by atoms with Crippen molar-refractivity contribution >= 4 is 22.4 Å². The lowest BCUT2D eigenvalue weighted by atomic mass is 10.1. The summed E-state index contributed by atoms with van der Waals surface area (Å²) in [6.45, 7) is 0. The van der Waals surface area contributed by atoms with Gasteiger partial charge in [-0.2, -0.15) is 0 Å². The van der Waals surface area contributed by atoms with Gasteiger partial charge in [-0.1, -0.05) is 6.07 Å². The maximum absolute atomic E-state index is 11.4. The standard InChI is InChI=1S/C11H10N2O2/c1-15-11(14)10-9-6-8(12)3-2-7(9)4-5-13-10/h2-6H,12H2,1H3. The number of nitrogens with two attached hydrogens (primary N) is 1. The van der Waals surface area contributed by atoms with E-state index in [4.69, 9.17) is 5.73 Å². The monoisotopic (exact) mass is 202 g/mol. The largest absolute Gasteiger partial charge is 0.464 e. The molecule has 0 unspecified atom stereocenters. The molecular formula is C11H10N2O2. The lowest BCUT2D eigenvalue weighted by Crippen LogP contribution is -2.04. The lowest BCUT2D eigenvalue weighted by Gasteiger charge is -2.04. The third kappa shape index (κ3) is 1.61. The van der Waals surface area contributed by atoms with Gasteiger partial charge in [0.25, 0.3) is 0 Å². The number of ether oxygens (including phenoxy) is 1. The number of esters is 1. The second kappa shape index (κ2) is 3.57. The first-order chi connectivity index (χ1) is 7.22. The van der Waals surface area contributed by atoms with E-state index in [1.165, 1.54) is 7.11 Å². The number of methoxy groups -OCH3 is 1. The van der Waals surface area contributed by atoms with Crippen LogP contribution in [0.1, 0.15) is 10.5 Å².